The van der Waals surface area contributed by atoms with Gasteiger partial charge >= 0.3 is 0 Å². The number of ether oxygens (including phenoxy) is 1. The third-order valence-electron chi connectivity index (χ3n) is 6.31. The van der Waals surface area contributed by atoms with Gasteiger partial charge in [0.25, 0.3) is 0 Å². The number of pyridine rings is 1. The molecule has 0 radical (unpaired) electrons. The van der Waals surface area contributed by atoms with Gasteiger partial charge in [0.2, 0.25) is 5.91 Å². The summed E-state index contributed by atoms with van der Waals surface area (Å²) in [5.41, 5.74) is 10.0. The molecule has 1 aliphatic rings. The summed E-state index contributed by atoms with van der Waals surface area (Å²) >= 11 is 1.50. The van der Waals surface area contributed by atoms with Crippen molar-refractivity contribution in [1.29, 1.82) is 0 Å². The van der Waals surface area contributed by atoms with E-state index in [0.717, 1.165) is 41.8 Å². The maximum Gasteiger partial charge on any atom is 0.237 e. The number of nitrogens with zero attached hydrogens (tertiary/aromatic N) is 3. The van der Waals surface area contributed by atoms with Crippen LogP contribution in [0.2, 0.25) is 0 Å². The number of H-pyrrole nitrogens is 1. The van der Waals surface area contributed by atoms with Crippen LogP contribution in [0.3, 0.4) is 0 Å². The average Bonchev–Trinajstić information content (AvgIpc) is 3.52. The van der Waals surface area contributed by atoms with Gasteiger partial charge in [-0.15, -0.1) is 11.3 Å². The highest BCUT2D eigenvalue weighted by Gasteiger charge is 2.22. The van der Waals surface area contributed by atoms with Crippen LogP contribution in [0.1, 0.15) is 18.4 Å². The van der Waals surface area contributed by atoms with E-state index in [4.69, 9.17) is 10.5 Å². The molecule has 0 bridgehead atoms. The number of benzene rings is 1. The van der Waals surface area contributed by atoms with Gasteiger partial charge in [0.05, 0.1) is 21.8 Å². The van der Waals surface area contributed by atoms with Gasteiger partial charge < -0.3 is 25.7 Å². The summed E-state index contributed by atoms with van der Waals surface area (Å²) < 4.78 is 21.0. The normalized spacial score (nSPS) is 15.9. The largest absolute Gasteiger partial charge is 0.453 e. The minimum absolute atomic E-state index is 0.0852. The van der Waals surface area contributed by atoms with Crippen LogP contribution < -0.4 is 15.8 Å². The summed E-state index contributed by atoms with van der Waals surface area (Å²) in [4.78, 5) is 27.3. The fraction of sp³-hybridized carbons (Fsp3) is 0.320. The Balaban J connectivity index is 1.28. The zero-order valence-corrected chi connectivity index (χ0v) is 20.1. The maximum absolute atomic E-state index is 15.0. The highest BCUT2D eigenvalue weighted by molar-refractivity contribution is 7.13. The summed E-state index contributed by atoms with van der Waals surface area (Å²) in [7, 11) is 2.07. The minimum Gasteiger partial charge on any atom is -0.453 e. The number of carbonyl (C=O) groups excluding carboxylic acids is 1. The SMILES string of the molecule is CN1CCC(NC(=O)C(N)Cc2ccc(Oc3ccnc4[nH]cc(-c5cncs5)c34)c(F)c2)CC1. The molecule has 5 rings (SSSR count). The summed E-state index contributed by atoms with van der Waals surface area (Å²) in [5.74, 6) is -0.157. The van der Waals surface area contributed by atoms with E-state index in [1.807, 2.05) is 6.20 Å². The second kappa shape index (κ2) is 10.1. The fourth-order valence-electron chi connectivity index (χ4n) is 4.34. The average molecular weight is 495 g/mol. The molecule has 1 aromatic carbocycles. The predicted molar refractivity (Wildman–Crippen MR) is 134 cm³/mol. The topological polar surface area (TPSA) is 109 Å². The van der Waals surface area contributed by atoms with Crippen molar-refractivity contribution in [1.82, 2.24) is 25.2 Å². The fourth-order valence-corrected chi connectivity index (χ4v) is 4.98. The maximum atomic E-state index is 15.0. The van der Waals surface area contributed by atoms with Gasteiger partial charge in [-0.1, -0.05) is 6.07 Å². The Kier molecular flexibility index (Phi) is 6.76. The number of rotatable bonds is 7. The van der Waals surface area contributed by atoms with E-state index < -0.39 is 11.9 Å². The van der Waals surface area contributed by atoms with Crippen LogP contribution in [0.15, 0.2) is 48.4 Å². The lowest BCUT2D eigenvalue weighted by Crippen LogP contribution is -2.49. The molecule has 1 atom stereocenters. The number of fused-ring (bicyclic) bond motifs is 1. The van der Waals surface area contributed by atoms with Crippen LogP contribution in [0.4, 0.5) is 4.39 Å². The van der Waals surface area contributed by atoms with Crippen LogP contribution >= 0.6 is 11.3 Å². The molecule has 1 unspecified atom stereocenters. The lowest BCUT2D eigenvalue weighted by Gasteiger charge is -2.30. The monoisotopic (exact) mass is 494 g/mol. The number of aromatic nitrogens is 3. The summed E-state index contributed by atoms with van der Waals surface area (Å²) in [6.07, 6.45) is 7.27. The van der Waals surface area contributed by atoms with Gasteiger partial charge in [-0.2, -0.15) is 0 Å². The second-order valence-corrected chi connectivity index (χ2v) is 9.75. The molecule has 35 heavy (non-hydrogen) atoms. The first-order valence-corrected chi connectivity index (χ1v) is 12.4. The number of nitrogens with one attached hydrogen (secondary N) is 2. The van der Waals surface area contributed by atoms with Gasteiger partial charge in [-0.3, -0.25) is 9.78 Å². The standard InChI is InChI=1S/C25H27FN6O2S/c1-32-8-5-16(6-9-32)31-25(33)19(27)11-15-2-3-20(18(26)10-15)34-21-4-7-29-24-23(21)17(12-30-24)22-13-28-14-35-22/h2-4,7,10,12-14,16,19H,5-6,8-9,11,27H2,1H3,(H,29,30)(H,31,33). The number of carbonyl (C=O) groups is 1. The van der Waals surface area contributed by atoms with E-state index in [0.29, 0.717) is 17.0 Å². The molecule has 4 N–H and O–H groups in total. The van der Waals surface area contributed by atoms with Crippen molar-refractivity contribution in [2.24, 2.45) is 5.73 Å². The smallest absolute Gasteiger partial charge is 0.237 e. The molecule has 1 saturated heterocycles. The van der Waals surface area contributed by atoms with E-state index in [1.165, 1.54) is 17.4 Å². The molecule has 0 aliphatic carbocycles. The van der Waals surface area contributed by atoms with E-state index >= 15 is 0 Å². The molecule has 0 spiro atoms. The van der Waals surface area contributed by atoms with Crippen molar-refractivity contribution < 1.29 is 13.9 Å². The number of hydrogen-bond acceptors (Lipinski definition) is 7. The molecule has 4 heterocycles. The third-order valence-corrected chi connectivity index (χ3v) is 7.11. The van der Waals surface area contributed by atoms with Crippen molar-refractivity contribution in [3.8, 4) is 21.9 Å². The van der Waals surface area contributed by atoms with E-state index in [2.05, 4.69) is 32.2 Å². The highest BCUT2D eigenvalue weighted by atomic mass is 32.1. The Morgan fingerprint density at radius 3 is 2.91 bits per heavy atom. The molecular weight excluding hydrogens is 467 g/mol. The first-order valence-electron chi connectivity index (χ1n) is 11.5. The van der Waals surface area contributed by atoms with Crippen molar-refractivity contribution in [3.05, 3.63) is 59.7 Å². The number of likely N-dealkylation sites (tertiary alicyclic amines) is 1. The molecule has 1 amide bonds. The molecule has 1 fully saturated rings. The number of amides is 1. The Hall–Kier alpha value is -3.34. The number of halogens is 1. The van der Waals surface area contributed by atoms with Gasteiger partial charge in [0.1, 0.15) is 11.4 Å². The number of thiazole rings is 1. The lowest BCUT2D eigenvalue weighted by molar-refractivity contribution is -0.123. The van der Waals surface area contributed by atoms with Gasteiger partial charge in [-0.25, -0.2) is 9.37 Å². The Morgan fingerprint density at radius 1 is 1.34 bits per heavy atom. The molecule has 4 aromatic rings. The van der Waals surface area contributed by atoms with Gasteiger partial charge in [-0.05, 0) is 63.2 Å². The molecule has 8 nitrogen and oxygen atoms in total. The zero-order chi connectivity index (χ0) is 24.4. The van der Waals surface area contributed by atoms with Crippen molar-refractivity contribution in [2.75, 3.05) is 20.1 Å². The van der Waals surface area contributed by atoms with Crippen LogP contribution in [-0.4, -0.2) is 58.0 Å². The molecule has 0 saturated carbocycles. The van der Waals surface area contributed by atoms with Gasteiger partial charge in [0.15, 0.2) is 11.6 Å². The highest BCUT2D eigenvalue weighted by Crippen LogP contribution is 2.38. The number of nitrogens with two attached hydrogens (primary N) is 1. The Morgan fingerprint density at radius 2 is 2.17 bits per heavy atom. The van der Waals surface area contributed by atoms with E-state index in [9.17, 15) is 9.18 Å². The summed E-state index contributed by atoms with van der Waals surface area (Å²) in [6, 6.07) is 5.77. The lowest BCUT2D eigenvalue weighted by atomic mass is 10.0. The molecule has 1 aliphatic heterocycles. The van der Waals surface area contributed by atoms with Crippen molar-refractivity contribution in [2.45, 2.75) is 31.3 Å². The van der Waals surface area contributed by atoms with Crippen LogP contribution in [0, 0.1) is 5.82 Å². The summed E-state index contributed by atoms with van der Waals surface area (Å²) in [6.45, 7) is 1.90. The number of hydrogen-bond donors (Lipinski definition) is 3. The first-order chi connectivity index (χ1) is 17.0. The predicted octanol–water partition coefficient (Wildman–Crippen LogP) is 3.70. The van der Waals surface area contributed by atoms with Crippen LogP contribution in [0.5, 0.6) is 11.5 Å². The number of piperidine rings is 1. The minimum atomic E-state index is -0.748. The molecule has 182 valence electrons. The van der Waals surface area contributed by atoms with Crippen LogP contribution in [0.25, 0.3) is 21.5 Å². The van der Waals surface area contributed by atoms with Crippen LogP contribution in [-0.2, 0) is 11.2 Å². The molecule has 3 aromatic heterocycles. The first kappa shape index (κ1) is 23.4. The van der Waals surface area contributed by atoms with Crippen molar-refractivity contribution in [3.63, 3.8) is 0 Å². The van der Waals surface area contributed by atoms with E-state index in [1.54, 1.807) is 36.1 Å². The zero-order valence-electron chi connectivity index (χ0n) is 19.3. The molecular formula is C25H27FN6O2S. The third kappa shape index (κ3) is 5.19. The number of aromatic amines is 1. The molecule has 10 heteroatoms. The Labute approximate surface area is 206 Å². The van der Waals surface area contributed by atoms with Crippen molar-refractivity contribution >= 4 is 28.3 Å². The summed E-state index contributed by atoms with van der Waals surface area (Å²) in [5, 5.41) is 3.79. The second-order valence-electron chi connectivity index (χ2n) is 8.86. The quantitative estimate of drug-likeness (QED) is 0.362. The Bertz CT molecular complexity index is 1320. The van der Waals surface area contributed by atoms with E-state index in [-0.39, 0.29) is 24.1 Å². The van der Waals surface area contributed by atoms with Gasteiger partial charge in [0, 0.05) is 30.2 Å².